The van der Waals surface area contributed by atoms with Gasteiger partial charge in [0.15, 0.2) is 5.82 Å². The number of anilines is 1. The molecule has 1 aliphatic heterocycles. The van der Waals surface area contributed by atoms with E-state index in [0.717, 1.165) is 48.4 Å². The van der Waals surface area contributed by atoms with Gasteiger partial charge in [-0.25, -0.2) is 14.6 Å². The minimum atomic E-state index is -0.224. The zero-order valence-electron chi connectivity index (χ0n) is 19.4. The smallest absolute Gasteiger partial charge is 0.220 e. The maximum absolute atomic E-state index is 12.5. The fourth-order valence-corrected chi connectivity index (χ4v) is 4.31. The molecular weight excluding hydrogens is 444 g/mol. The van der Waals surface area contributed by atoms with Crippen LogP contribution < -0.4 is 16.1 Å². The molecule has 10 nitrogen and oxygen atoms in total. The van der Waals surface area contributed by atoms with Gasteiger partial charge in [0, 0.05) is 50.3 Å². The zero-order chi connectivity index (χ0) is 24.4. The number of primary amides is 1. The van der Waals surface area contributed by atoms with Crippen LogP contribution in [-0.2, 0) is 18.3 Å². The highest BCUT2D eigenvalue weighted by Crippen LogP contribution is 2.24. The number of nitrogens with two attached hydrogens (primary N) is 1. The number of carbonyl (C=O) groups excluding carboxylic acids is 1. The van der Waals surface area contributed by atoms with Crippen LogP contribution in [0.1, 0.15) is 24.1 Å². The minimum Gasteiger partial charge on any atom is -0.369 e. The van der Waals surface area contributed by atoms with Crippen molar-refractivity contribution in [1.82, 2.24) is 29.5 Å². The Morgan fingerprint density at radius 3 is 2.54 bits per heavy atom. The molecule has 2 N–H and O–H groups in total. The molecule has 0 bridgehead atoms. The van der Waals surface area contributed by atoms with Gasteiger partial charge in [0.25, 0.3) is 0 Å². The number of aryl methyl sites for hydroxylation is 1. The molecule has 5 rings (SSSR count). The summed E-state index contributed by atoms with van der Waals surface area (Å²) < 4.78 is 3.34. The Morgan fingerprint density at radius 1 is 1.09 bits per heavy atom. The number of rotatable bonds is 6. The average molecular weight is 471 g/mol. The first-order valence-corrected chi connectivity index (χ1v) is 11.5. The summed E-state index contributed by atoms with van der Waals surface area (Å²) in [6, 6.07) is 9.34. The molecule has 1 aromatic carbocycles. The first-order chi connectivity index (χ1) is 17.0. The fourth-order valence-electron chi connectivity index (χ4n) is 4.31. The molecule has 4 heterocycles. The summed E-state index contributed by atoms with van der Waals surface area (Å²) in [5, 5.41) is 8.68. The summed E-state index contributed by atoms with van der Waals surface area (Å²) in [6.07, 6.45) is 10.7. The van der Waals surface area contributed by atoms with Gasteiger partial charge in [0.2, 0.25) is 11.3 Å². The molecule has 0 aliphatic carbocycles. The van der Waals surface area contributed by atoms with Gasteiger partial charge in [-0.3, -0.25) is 14.3 Å². The van der Waals surface area contributed by atoms with E-state index in [1.54, 1.807) is 21.8 Å². The minimum absolute atomic E-state index is 0.0539. The second kappa shape index (κ2) is 9.49. The van der Waals surface area contributed by atoms with Crippen LogP contribution in [0.4, 0.5) is 5.69 Å². The summed E-state index contributed by atoms with van der Waals surface area (Å²) in [6.45, 7) is 1.51. The number of amides is 1. The Labute approximate surface area is 202 Å². The molecule has 10 heteroatoms. The molecule has 4 aromatic rings. The predicted octanol–water partition coefficient (Wildman–Crippen LogP) is 1.72. The van der Waals surface area contributed by atoms with Crippen LogP contribution in [0.3, 0.4) is 0 Å². The lowest BCUT2D eigenvalue weighted by Crippen LogP contribution is -2.38. The van der Waals surface area contributed by atoms with Gasteiger partial charge in [0.05, 0.1) is 30.5 Å². The van der Waals surface area contributed by atoms with Gasteiger partial charge >= 0.3 is 0 Å². The molecule has 0 atom stereocenters. The van der Waals surface area contributed by atoms with E-state index in [1.807, 2.05) is 49.9 Å². The molecule has 0 unspecified atom stereocenters. The highest BCUT2D eigenvalue weighted by atomic mass is 16.1. The summed E-state index contributed by atoms with van der Waals surface area (Å²) in [7, 11) is 1.83. The van der Waals surface area contributed by atoms with Crippen LogP contribution >= 0.6 is 0 Å². The number of piperidine rings is 1. The van der Waals surface area contributed by atoms with Crippen molar-refractivity contribution in [2.75, 3.05) is 18.0 Å². The summed E-state index contributed by atoms with van der Waals surface area (Å²) in [5.41, 5.74) is 9.29. The molecule has 3 aromatic heterocycles. The lowest BCUT2D eigenvalue weighted by molar-refractivity contribution is -0.122. The Balaban J connectivity index is 1.32. The summed E-state index contributed by atoms with van der Waals surface area (Å²) >= 11 is 0. The van der Waals surface area contributed by atoms with Crippen LogP contribution in [0.15, 0.2) is 66.1 Å². The molecule has 0 radical (unpaired) electrons. The van der Waals surface area contributed by atoms with Crippen molar-refractivity contribution in [3.05, 3.63) is 82.8 Å². The summed E-state index contributed by atoms with van der Waals surface area (Å²) in [4.78, 5) is 35.2. The molecule has 35 heavy (non-hydrogen) atoms. The molecule has 0 spiro atoms. The second-order valence-corrected chi connectivity index (χ2v) is 8.75. The maximum Gasteiger partial charge on any atom is 0.220 e. The quantitative estimate of drug-likeness (QED) is 0.455. The van der Waals surface area contributed by atoms with Gasteiger partial charge in [-0.15, -0.1) is 0 Å². The molecule has 1 saturated heterocycles. The standard InChI is InChI=1S/C25H26N8O2/c1-31-16-21(15-29-31)33-10-7-23(34)22(30-33)12-17-3-2-4-19(11-17)25-27-13-20(14-28-25)32-8-5-18(6-9-32)24(26)35/h2-4,7,10-11,13-16,18H,5-6,8-9,12H2,1H3,(H2,26,35). The lowest BCUT2D eigenvalue weighted by atomic mass is 9.96. The van der Waals surface area contributed by atoms with Crippen LogP contribution in [0.5, 0.6) is 0 Å². The molecule has 1 fully saturated rings. The van der Waals surface area contributed by atoms with E-state index in [4.69, 9.17) is 5.73 Å². The number of hydrogen-bond acceptors (Lipinski definition) is 7. The molecule has 1 amide bonds. The van der Waals surface area contributed by atoms with E-state index < -0.39 is 0 Å². The first-order valence-electron chi connectivity index (χ1n) is 11.5. The monoisotopic (exact) mass is 470 g/mol. The third-order valence-corrected chi connectivity index (χ3v) is 6.29. The van der Waals surface area contributed by atoms with Crippen molar-refractivity contribution in [2.24, 2.45) is 18.7 Å². The molecule has 0 saturated carbocycles. The number of hydrogen-bond donors (Lipinski definition) is 1. The SMILES string of the molecule is Cn1cc(-n2ccc(=O)c(Cc3cccc(-c4ncc(N5CCC(C(N)=O)CC5)cn4)c3)n2)cn1. The van der Waals surface area contributed by atoms with E-state index >= 15 is 0 Å². The van der Waals surface area contributed by atoms with Crippen molar-refractivity contribution in [3.63, 3.8) is 0 Å². The average Bonchev–Trinajstić information content (AvgIpc) is 3.32. The molecule has 178 valence electrons. The maximum atomic E-state index is 12.5. The van der Waals surface area contributed by atoms with E-state index in [0.29, 0.717) is 17.9 Å². The first kappa shape index (κ1) is 22.5. The second-order valence-electron chi connectivity index (χ2n) is 8.75. The largest absolute Gasteiger partial charge is 0.369 e. The number of aromatic nitrogens is 6. The molecule has 1 aliphatic rings. The topological polar surface area (TPSA) is 125 Å². The van der Waals surface area contributed by atoms with Crippen molar-refractivity contribution < 1.29 is 4.79 Å². The Kier molecular flexibility index (Phi) is 6.09. The number of carbonyl (C=O) groups is 1. The summed E-state index contributed by atoms with van der Waals surface area (Å²) in [5.74, 6) is 0.330. The van der Waals surface area contributed by atoms with Gasteiger partial charge in [-0.2, -0.15) is 10.2 Å². The van der Waals surface area contributed by atoms with Gasteiger partial charge in [-0.05, 0) is 24.5 Å². The Hall–Kier alpha value is -4.34. The van der Waals surface area contributed by atoms with Crippen molar-refractivity contribution in [2.45, 2.75) is 19.3 Å². The van der Waals surface area contributed by atoms with Gasteiger partial charge in [-0.1, -0.05) is 18.2 Å². The van der Waals surface area contributed by atoms with Gasteiger partial charge < -0.3 is 10.6 Å². The van der Waals surface area contributed by atoms with E-state index in [1.165, 1.54) is 6.07 Å². The normalized spacial score (nSPS) is 14.3. The van der Waals surface area contributed by atoms with Gasteiger partial charge in [0.1, 0.15) is 11.4 Å². The highest BCUT2D eigenvalue weighted by molar-refractivity contribution is 5.77. The van der Waals surface area contributed by atoms with Crippen molar-refractivity contribution in [3.8, 4) is 17.1 Å². The third kappa shape index (κ3) is 4.96. The van der Waals surface area contributed by atoms with E-state index in [-0.39, 0.29) is 17.3 Å². The van der Waals surface area contributed by atoms with E-state index in [2.05, 4.69) is 25.1 Å². The van der Waals surface area contributed by atoms with Crippen molar-refractivity contribution in [1.29, 1.82) is 0 Å². The predicted molar refractivity (Wildman–Crippen MR) is 131 cm³/mol. The molecular formula is C25H26N8O2. The Bertz CT molecular complexity index is 1400. The zero-order valence-corrected chi connectivity index (χ0v) is 19.4. The third-order valence-electron chi connectivity index (χ3n) is 6.29. The number of benzene rings is 1. The fraction of sp³-hybridized carbons (Fsp3) is 0.280. The van der Waals surface area contributed by atoms with Crippen molar-refractivity contribution >= 4 is 11.6 Å². The van der Waals surface area contributed by atoms with Crippen LogP contribution in [0.2, 0.25) is 0 Å². The van der Waals surface area contributed by atoms with E-state index in [9.17, 15) is 9.59 Å². The highest BCUT2D eigenvalue weighted by Gasteiger charge is 2.23. The lowest BCUT2D eigenvalue weighted by Gasteiger charge is -2.31. The number of nitrogens with zero attached hydrogens (tertiary/aromatic N) is 7. The van der Waals surface area contributed by atoms with Crippen LogP contribution in [0, 0.1) is 5.92 Å². The van der Waals surface area contributed by atoms with Crippen LogP contribution in [0.25, 0.3) is 17.1 Å². The Morgan fingerprint density at radius 2 is 1.86 bits per heavy atom. The van der Waals surface area contributed by atoms with Crippen LogP contribution in [-0.4, -0.2) is 48.5 Å².